The van der Waals surface area contributed by atoms with Crippen LogP contribution in [0.1, 0.15) is 31.4 Å². The Kier molecular flexibility index (Phi) is 3.48. The molecule has 1 aromatic heterocycles. The maximum atomic E-state index is 12.6. The molecule has 1 aliphatic rings. The molecule has 1 N–H and O–H groups in total. The summed E-state index contributed by atoms with van der Waals surface area (Å²) in [4.78, 5) is 0. The van der Waals surface area contributed by atoms with Crippen molar-refractivity contribution in [2.24, 2.45) is 13.0 Å². The van der Waals surface area contributed by atoms with E-state index in [1.54, 1.807) is 13.2 Å². The van der Waals surface area contributed by atoms with Crippen LogP contribution in [0, 0.1) is 5.92 Å². The van der Waals surface area contributed by atoms with E-state index in [2.05, 4.69) is 21.0 Å². The molecule has 1 aromatic rings. The first-order valence-corrected chi connectivity index (χ1v) is 6.50. The summed E-state index contributed by atoms with van der Waals surface area (Å²) in [5.41, 5.74) is -0.658. The second-order valence-corrected chi connectivity index (χ2v) is 5.67. The number of aryl methyl sites for hydroxylation is 1. The van der Waals surface area contributed by atoms with E-state index in [1.165, 1.54) is 4.68 Å². The lowest BCUT2D eigenvalue weighted by Gasteiger charge is -2.36. The third-order valence-electron chi connectivity index (χ3n) is 3.61. The molecule has 18 heavy (non-hydrogen) atoms. The topological polar surface area (TPSA) is 38.0 Å². The number of nitrogens with zero attached hydrogens (tertiary/aromatic N) is 2. The Morgan fingerprint density at radius 2 is 2.00 bits per heavy atom. The number of halogens is 4. The highest BCUT2D eigenvalue weighted by Crippen LogP contribution is 2.46. The number of aliphatic hydroxyl groups is 1. The minimum Gasteiger partial charge on any atom is -0.384 e. The summed E-state index contributed by atoms with van der Waals surface area (Å²) in [5.74, 6) is -1.30. The monoisotopic (exact) mass is 326 g/mol. The standard InChI is InChI=1S/C11H14BrF3N2O/c1-17-9(8(12)6-16-17)10(18)4-2-7(3-5-10)11(13,14)15/h6-7,18H,2-5H2,1H3. The van der Waals surface area contributed by atoms with E-state index in [-0.39, 0.29) is 25.7 Å². The molecule has 1 fully saturated rings. The summed E-state index contributed by atoms with van der Waals surface area (Å²) in [6.07, 6.45) is -2.49. The number of hydrogen-bond donors (Lipinski definition) is 1. The number of aromatic nitrogens is 2. The van der Waals surface area contributed by atoms with Crippen LogP contribution in [0.15, 0.2) is 10.7 Å². The molecule has 102 valence electrons. The van der Waals surface area contributed by atoms with Gasteiger partial charge in [0.05, 0.1) is 22.3 Å². The molecule has 1 heterocycles. The highest BCUT2D eigenvalue weighted by atomic mass is 79.9. The van der Waals surface area contributed by atoms with E-state index in [0.717, 1.165) is 0 Å². The lowest BCUT2D eigenvalue weighted by atomic mass is 9.77. The van der Waals surface area contributed by atoms with Crippen molar-refractivity contribution in [2.45, 2.75) is 37.5 Å². The number of rotatable bonds is 1. The molecule has 0 bridgehead atoms. The molecule has 3 nitrogen and oxygen atoms in total. The fourth-order valence-corrected chi connectivity index (χ4v) is 3.31. The smallest absolute Gasteiger partial charge is 0.384 e. The van der Waals surface area contributed by atoms with Crippen molar-refractivity contribution < 1.29 is 18.3 Å². The Morgan fingerprint density at radius 1 is 1.44 bits per heavy atom. The Hall–Kier alpha value is -0.560. The lowest BCUT2D eigenvalue weighted by molar-refractivity contribution is -0.193. The van der Waals surface area contributed by atoms with E-state index in [1.807, 2.05) is 0 Å². The molecule has 0 spiro atoms. The quantitative estimate of drug-likeness (QED) is 0.861. The summed E-state index contributed by atoms with van der Waals surface area (Å²) in [6, 6.07) is 0. The summed E-state index contributed by atoms with van der Waals surface area (Å²) in [6.45, 7) is 0. The number of alkyl halides is 3. The van der Waals surface area contributed by atoms with Crippen LogP contribution in [0.5, 0.6) is 0 Å². The average Bonchev–Trinajstić information content (AvgIpc) is 2.58. The van der Waals surface area contributed by atoms with Gasteiger partial charge in [0.1, 0.15) is 5.60 Å². The van der Waals surface area contributed by atoms with Crippen molar-refractivity contribution in [1.82, 2.24) is 9.78 Å². The van der Waals surface area contributed by atoms with Gasteiger partial charge in [0.25, 0.3) is 0 Å². The van der Waals surface area contributed by atoms with Gasteiger partial charge in [-0.15, -0.1) is 0 Å². The van der Waals surface area contributed by atoms with Crippen LogP contribution < -0.4 is 0 Å². The second-order valence-electron chi connectivity index (χ2n) is 4.81. The van der Waals surface area contributed by atoms with Gasteiger partial charge in [-0.3, -0.25) is 4.68 Å². The summed E-state index contributed by atoms with van der Waals surface area (Å²) < 4.78 is 39.9. The molecule has 0 radical (unpaired) electrons. The Balaban J connectivity index is 2.18. The van der Waals surface area contributed by atoms with Crippen molar-refractivity contribution in [1.29, 1.82) is 0 Å². The largest absolute Gasteiger partial charge is 0.391 e. The molecule has 0 atom stereocenters. The Labute approximate surface area is 111 Å². The maximum absolute atomic E-state index is 12.6. The molecule has 0 unspecified atom stereocenters. The summed E-state index contributed by atoms with van der Waals surface area (Å²) in [7, 11) is 1.67. The molecule has 0 saturated heterocycles. The molecular formula is C11H14BrF3N2O. The molecule has 1 aliphatic carbocycles. The van der Waals surface area contributed by atoms with E-state index in [9.17, 15) is 18.3 Å². The summed E-state index contributed by atoms with van der Waals surface area (Å²) >= 11 is 3.28. The van der Waals surface area contributed by atoms with Crippen LogP contribution in [-0.4, -0.2) is 21.1 Å². The van der Waals surface area contributed by atoms with Gasteiger partial charge in [0.2, 0.25) is 0 Å². The third-order valence-corrected chi connectivity index (χ3v) is 4.19. The zero-order valence-electron chi connectivity index (χ0n) is 9.84. The zero-order valence-corrected chi connectivity index (χ0v) is 11.4. The van der Waals surface area contributed by atoms with Crippen molar-refractivity contribution in [3.05, 3.63) is 16.4 Å². The molecule has 2 rings (SSSR count). The normalized spacial score (nSPS) is 29.6. The Bertz CT molecular complexity index is 416. The van der Waals surface area contributed by atoms with Crippen LogP contribution in [0.2, 0.25) is 0 Å². The van der Waals surface area contributed by atoms with Crippen LogP contribution in [0.3, 0.4) is 0 Å². The van der Waals surface area contributed by atoms with Crippen LogP contribution in [0.4, 0.5) is 13.2 Å². The van der Waals surface area contributed by atoms with Crippen molar-refractivity contribution in [2.75, 3.05) is 0 Å². The SMILES string of the molecule is Cn1ncc(Br)c1C1(O)CCC(C(F)(F)F)CC1. The van der Waals surface area contributed by atoms with Crippen molar-refractivity contribution >= 4 is 15.9 Å². The molecule has 0 amide bonds. The van der Waals surface area contributed by atoms with Gasteiger partial charge < -0.3 is 5.11 Å². The molecule has 0 aromatic carbocycles. The van der Waals surface area contributed by atoms with Gasteiger partial charge >= 0.3 is 6.18 Å². The summed E-state index contributed by atoms with van der Waals surface area (Å²) in [5, 5.41) is 14.5. The van der Waals surface area contributed by atoms with Gasteiger partial charge in [-0.25, -0.2) is 0 Å². The fraction of sp³-hybridized carbons (Fsp3) is 0.727. The predicted octanol–water partition coefficient (Wildman–Crippen LogP) is 3.12. The molecule has 1 saturated carbocycles. The van der Waals surface area contributed by atoms with E-state index in [4.69, 9.17) is 0 Å². The van der Waals surface area contributed by atoms with E-state index >= 15 is 0 Å². The average molecular weight is 327 g/mol. The minimum atomic E-state index is -4.16. The highest BCUT2D eigenvalue weighted by Gasteiger charge is 2.47. The Morgan fingerprint density at radius 3 is 2.39 bits per heavy atom. The van der Waals surface area contributed by atoms with Crippen LogP contribution in [0.25, 0.3) is 0 Å². The van der Waals surface area contributed by atoms with Gasteiger partial charge in [-0.1, -0.05) is 0 Å². The van der Waals surface area contributed by atoms with Crippen LogP contribution >= 0.6 is 15.9 Å². The third kappa shape index (κ3) is 2.42. The maximum Gasteiger partial charge on any atom is 0.391 e. The zero-order chi connectivity index (χ0) is 13.6. The fourth-order valence-electron chi connectivity index (χ4n) is 2.59. The first-order valence-electron chi connectivity index (χ1n) is 5.71. The van der Waals surface area contributed by atoms with Crippen molar-refractivity contribution in [3.8, 4) is 0 Å². The lowest BCUT2D eigenvalue weighted by Crippen LogP contribution is -2.37. The molecule has 7 heteroatoms. The van der Waals surface area contributed by atoms with Gasteiger partial charge in [0.15, 0.2) is 0 Å². The van der Waals surface area contributed by atoms with Crippen molar-refractivity contribution in [3.63, 3.8) is 0 Å². The first kappa shape index (κ1) is 13.9. The second kappa shape index (κ2) is 4.52. The molecule has 0 aliphatic heterocycles. The van der Waals surface area contributed by atoms with Crippen LogP contribution in [-0.2, 0) is 12.6 Å². The highest BCUT2D eigenvalue weighted by molar-refractivity contribution is 9.10. The predicted molar refractivity (Wildman–Crippen MR) is 62.8 cm³/mol. The van der Waals surface area contributed by atoms with E-state index in [0.29, 0.717) is 10.2 Å². The van der Waals surface area contributed by atoms with E-state index < -0.39 is 17.7 Å². The van der Waals surface area contributed by atoms with Gasteiger partial charge in [-0.05, 0) is 41.6 Å². The van der Waals surface area contributed by atoms with Gasteiger partial charge in [-0.2, -0.15) is 18.3 Å². The first-order chi connectivity index (χ1) is 8.24. The number of hydrogen-bond acceptors (Lipinski definition) is 2. The van der Waals surface area contributed by atoms with Gasteiger partial charge in [0, 0.05) is 7.05 Å². The minimum absolute atomic E-state index is 0.0440. The molecular weight excluding hydrogens is 313 g/mol.